The van der Waals surface area contributed by atoms with Gasteiger partial charge in [-0.3, -0.25) is 0 Å². The minimum Gasteiger partial charge on any atom is -0.434 e. The third-order valence-electron chi connectivity index (χ3n) is 5.03. The number of hydrogen-bond donors (Lipinski definition) is 3. The van der Waals surface area contributed by atoms with Crippen molar-refractivity contribution in [1.82, 2.24) is 14.6 Å². The number of nitrogens with two attached hydrogens (primary N) is 1. The zero-order valence-corrected chi connectivity index (χ0v) is 16.1. The fourth-order valence-corrected chi connectivity index (χ4v) is 3.01. The Labute approximate surface area is 166 Å². The molecule has 0 radical (unpaired) electrons. The maximum atomic E-state index is 11.8. The average molecular weight is 405 g/mol. The van der Waals surface area contributed by atoms with Gasteiger partial charge in [0.05, 0.1) is 12.3 Å². The van der Waals surface area contributed by atoms with Crippen molar-refractivity contribution in [2.75, 3.05) is 18.9 Å². The second kappa shape index (κ2) is 8.20. The van der Waals surface area contributed by atoms with E-state index >= 15 is 0 Å². The average Bonchev–Trinajstić information content (AvgIpc) is 3.26. The molecule has 4 N–H and O–H groups in total. The molecule has 0 saturated carbocycles. The van der Waals surface area contributed by atoms with Crippen LogP contribution in [-0.2, 0) is 14.2 Å². The highest BCUT2D eigenvalue weighted by atomic mass is 16.7. The maximum absolute atomic E-state index is 11.8. The molecule has 1 aliphatic rings. The Hall–Kier alpha value is -2.94. The number of nitrogens with zero attached hydrogens (tertiary/aromatic N) is 4. The van der Waals surface area contributed by atoms with Crippen LogP contribution in [0.4, 0.5) is 10.6 Å². The van der Waals surface area contributed by atoms with E-state index in [1.807, 2.05) is 19.9 Å². The van der Waals surface area contributed by atoms with Crippen molar-refractivity contribution in [3.8, 4) is 6.07 Å². The van der Waals surface area contributed by atoms with Crippen LogP contribution < -0.4 is 5.73 Å². The quantitative estimate of drug-likeness (QED) is 0.578. The zero-order chi connectivity index (χ0) is 21.2. The molecule has 3 heterocycles. The van der Waals surface area contributed by atoms with E-state index in [2.05, 4.69) is 10.1 Å². The van der Waals surface area contributed by atoms with E-state index in [0.717, 1.165) is 6.42 Å². The van der Waals surface area contributed by atoms with E-state index in [0.29, 0.717) is 11.2 Å². The zero-order valence-electron chi connectivity index (χ0n) is 16.1. The van der Waals surface area contributed by atoms with Gasteiger partial charge in [-0.15, -0.1) is 0 Å². The molecule has 11 heteroatoms. The Morgan fingerprint density at radius 3 is 2.93 bits per heavy atom. The van der Waals surface area contributed by atoms with E-state index < -0.39 is 36.7 Å². The Balaban J connectivity index is 1.76. The van der Waals surface area contributed by atoms with E-state index in [1.165, 1.54) is 10.8 Å². The third-order valence-corrected chi connectivity index (χ3v) is 5.03. The second-order valence-electron chi connectivity index (χ2n) is 7.04. The van der Waals surface area contributed by atoms with Crippen molar-refractivity contribution >= 4 is 17.5 Å². The molecule has 0 bridgehead atoms. The number of nitrogen functional groups attached to an aromatic ring is 1. The molecule has 2 aromatic rings. The lowest BCUT2D eigenvalue weighted by atomic mass is 9.96. The number of hydrogen-bond acceptors (Lipinski definition) is 10. The highest BCUT2D eigenvalue weighted by Crippen LogP contribution is 2.40. The smallest absolute Gasteiger partial charge is 0.434 e. The minimum absolute atomic E-state index is 0.157. The standard InChI is InChI=1S/C18H23N5O6/c1-3-10(2)6-27-17(26)28-8-18(7-19)15(25)13(24)14(29-18)11-4-5-12-16(20)21-9-22-23(11)12/h4-5,9-10,13-15,24-25H,3,6,8H2,1-2H3,(H2,20,21,22)/t10-,13-,14-,15-,18+/m0/s1. The lowest BCUT2D eigenvalue weighted by Gasteiger charge is -2.23. The minimum atomic E-state index is -1.97. The number of carbonyl (C=O) groups excluding carboxylic acids is 1. The molecule has 0 aliphatic carbocycles. The van der Waals surface area contributed by atoms with Crippen LogP contribution in [0, 0.1) is 17.2 Å². The first-order valence-electron chi connectivity index (χ1n) is 9.15. The number of carbonyl (C=O) groups is 1. The van der Waals surface area contributed by atoms with Crippen LogP contribution in [0.1, 0.15) is 32.1 Å². The number of aliphatic hydroxyl groups excluding tert-OH is 2. The van der Waals surface area contributed by atoms with Gasteiger partial charge in [0.25, 0.3) is 0 Å². The van der Waals surface area contributed by atoms with Crippen LogP contribution in [0.2, 0.25) is 0 Å². The summed E-state index contributed by atoms with van der Waals surface area (Å²) in [5.74, 6) is 0.377. The molecule has 0 amide bonds. The molecule has 1 fully saturated rings. The summed E-state index contributed by atoms with van der Waals surface area (Å²) >= 11 is 0. The number of ether oxygens (including phenoxy) is 3. The summed E-state index contributed by atoms with van der Waals surface area (Å²) in [5, 5.41) is 34.7. The van der Waals surface area contributed by atoms with Crippen molar-refractivity contribution in [2.45, 2.75) is 44.2 Å². The Morgan fingerprint density at radius 1 is 1.48 bits per heavy atom. The molecular weight excluding hydrogens is 382 g/mol. The third kappa shape index (κ3) is 3.82. The van der Waals surface area contributed by atoms with Crippen molar-refractivity contribution < 1.29 is 29.2 Å². The lowest BCUT2D eigenvalue weighted by molar-refractivity contribution is -0.0863. The maximum Gasteiger partial charge on any atom is 0.508 e. The van der Waals surface area contributed by atoms with Crippen molar-refractivity contribution in [3.05, 3.63) is 24.2 Å². The molecule has 0 unspecified atom stereocenters. The highest BCUT2D eigenvalue weighted by molar-refractivity contribution is 5.65. The number of aliphatic hydroxyl groups is 2. The Morgan fingerprint density at radius 2 is 2.24 bits per heavy atom. The number of anilines is 1. The van der Waals surface area contributed by atoms with Crippen LogP contribution in [0.25, 0.3) is 5.52 Å². The van der Waals surface area contributed by atoms with Gasteiger partial charge in [0.2, 0.25) is 5.60 Å². The molecular formula is C18H23N5O6. The Bertz CT molecular complexity index is 927. The first-order valence-corrected chi connectivity index (χ1v) is 9.15. The summed E-state index contributed by atoms with van der Waals surface area (Å²) in [4.78, 5) is 15.7. The van der Waals surface area contributed by atoms with Gasteiger partial charge in [-0.25, -0.2) is 14.3 Å². The van der Waals surface area contributed by atoms with Gasteiger partial charge >= 0.3 is 6.16 Å². The summed E-state index contributed by atoms with van der Waals surface area (Å²) < 4.78 is 17.0. The van der Waals surface area contributed by atoms with Gasteiger partial charge in [0, 0.05) is 0 Å². The molecule has 3 rings (SSSR count). The SMILES string of the molecule is CC[C@H](C)COC(=O)OC[C@@]1(C#N)O[C@@H](c2ccc3c(N)ncnn23)[C@H](O)[C@@H]1O. The van der Waals surface area contributed by atoms with E-state index in [4.69, 9.17) is 19.9 Å². The monoisotopic (exact) mass is 405 g/mol. The summed E-state index contributed by atoms with van der Waals surface area (Å²) in [6.45, 7) is 3.42. The molecule has 0 spiro atoms. The Kier molecular flexibility index (Phi) is 5.88. The number of rotatable bonds is 6. The summed E-state index contributed by atoms with van der Waals surface area (Å²) in [5.41, 5.74) is 4.67. The number of nitriles is 1. The van der Waals surface area contributed by atoms with E-state index in [-0.39, 0.29) is 18.3 Å². The van der Waals surface area contributed by atoms with Crippen LogP contribution in [0.3, 0.4) is 0 Å². The molecule has 1 aliphatic heterocycles. The molecule has 1 saturated heterocycles. The van der Waals surface area contributed by atoms with Gasteiger partial charge in [-0.05, 0) is 18.1 Å². The summed E-state index contributed by atoms with van der Waals surface area (Å²) in [7, 11) is 0. The molecule has 2 aromatic heterocycles. The molecule has 156 valence electrons. The topological polar surface area (TPSA) is 165 Å². The molecule has 29 heavy (non-hydrogen) atoms. The summed E-state index contributed by atoms with van der Waals surface area (Å²) in [6, 6.07) is 5.03. The van der Waals surface area contributed by atoms with Gasteiger partial charge in [-0.1, -0.05) is 20.3 Å². The van der Waals surface area contributed by atoms with Gasteiger partial charge in [0.15, 0.2) is 5.82 Å². The van der Waals surface area contributed by atoms with Crippen molar-refractivity contribution in [1.29, 1.82) is 5.26 Å². The van der Waals surface area contributed by atoms with Crippen LogP contribution in [0.5, 0.6) is 0 Å². The van der Waals surface area contributed by atoms with Crippen LogP contribution in [0.15, 0.2) is 18.5 Å². The summed E-state index contributed by atoms with van der Waals surface area (Å²) in [6.07, 6.45) is -3.14. The van der Waals surface area contributed by atoms with Crippen LogP contribution in [-0.4, -0.2) is 62.0 Å². The largest absolute Gasteiger partial charge is 0.508 e. The first-order chi connectivity index (χ1) is 13.8. The molecule has 11 nitrogen and oxygen atoms in total. The molecule has 0 aromatic carbocycles. The predicted octanol–water partition coefficient (Wildman–Crippen LogP) is 0.566. The number of fused-ring (bicyclic) bond motifs is 1. The first kappa shape index (κ1) is 20.8. The van der Waals surface area contributed by atoms with E-state index in [1.54, 1.807) is 12.1 Å². The lowest BCUT2D eigenvalue weighted by Crippen LogP contribution is -2.46. The van der Waals surface area contributed by atoms with E-state index in [9.17, 15) is 20.3 Å². The van der Waals surface area contributed by atoms with Crippen molar-refractivity contribution in [2.24, 2.45) is 5.92 Å². The highest BCUT2D eigenvalue weighted by Gasteiger charge is 2.57. The fraction of sp³-hybridized carbons (Fsp3) is 0.556. The fourth-order valence-electron chi connectivity index (χ4n) is 3.01. The predicted molar refractivity (Wildman–Crippen MR) is 98.3 cm³/mol. The number of aromatic nitrogens is 3. The van der Waals surface area contributed by atoms with Crippen LogP contribution >= 0.6 is 0 Å². The molecule has 5 atom stereocenters. The van der Waals surface area contributed by atoms with Gasteiger partial charge < -0.3 is 30.2 Å². The second-order valence-corrected chi connectivity index (χ2v) is 7.04. The van der Waals surface area contributed by atoms with Gasteiger partial charge in [-0.2, -0.15) is 10.4 Å². The van der Waals surface area contributed by atoms with Gasteiger partial charge in [0.1, 0.15) is 42.8 Å². The van der Waals surface area contributed by atoms with Crippen molar-refractivity contribution in [3.63, 3.8) is 0 Å². The normalized spacial score (nSPS) is 27.5.